The largest absolute Gasteiger partial charge is 0.492 e. The molecular weight excluding hydrogens is 400 g/mol. The molecule has 2 aliphatic rings. The molecule has 0 aromatic heterocycles. The Bertz CT molecular complexity index is 785. The van der Waals surface area contributed by atoms with Crippen LogP contribution in [0.3, 0.4) is 0 Å². The van der Waals surface area contributed by atoms with Gasteiger partial charge in [0.25, 0.3) is 0 Å². The minimum absolute atomic E-state index is 0.0710. The lowest BCUT2D eigenvalue weighted by atomic mass is 9.93. The highest BCUT2D eigenvalue weighted by molar-refractivity contribution is 7.89. The summed E-state index contributed by atoms with van der Waals surface area (Å²) in [5, 5.41) is 3.51. The number of sulfonamides is 1. The summed E-state index contributed by atoms with van der Waals surface area (Å²) in [5.41, 5.74) is 0. The van der Waals surface area contributed by atoms with Crippen LogP contribution in [-0.4, -0.2) is 44.4 Å². The molecule has 0 spiro atoms. The zero-order valence-electron chi connectivity index (χ0n) is 16.3. The van der Waals surface area contributed by atoms with Crippen LogP contribution in [-0.2, 0) is 14.8 Å². The van der Waals surface area contributed by atoms with Gasteiger partial charge in [0.1, 0.15) is 10.6 Å². The van der Waals surface area contributed by atoms with E-state index in [4.69, 9.17) is 16.3 Å². The van der Waals surface area contributed by atoms with Gasteiger partial charge in [-0.2, -0.15) is 4.31 Å². The first-order valence-corrected chi connectivity index (χ1v) is 12.0. The third-order valence-corrected chi connectivity index (χ3v) is 7.75. The van der Waals surface area contributed by atoms with E-state index in [1.165, 1.54) is 29.6 Å². The van der Waals surface area contributed by atoms with Crippen molar-refractivity contribution in [1.29, 1.82) is 0 Å². The van der Waals surface area contributed by atoms with Gasteiger partial charge < -0.3 is 10.1 Å². The molecule has 1 heterocycles. The SMILES string of the molecule is CCOc1ccc(Cl)cc1S(=O)(=O)N1CCC(C(=O)NC2CCCCC2)CC1. The Labute approximate surface area is 172 Å². The fourth-order valence-electron chi connectivity index (χ4n) is 4.02. The monoisotopic (exact) mass is 428 g/mol. The van der Waals surface area contributed by atoms with Crippen molar-refractivity contribution in [3.05, 3.63) is 23.2 Å². The van der Waals surface area contributed by atoms with Gasteiger partial charge in [0.15, 0.2) is 0 Å². The predicted molar refractivity (Wildman–Crippen MR) is 109 cm³/mol. The van der Waals surface area contributed by atoms with Crippen molar-refractivity contribution in [1.82, 2.24) is 9.62 Å². The topological polar surface area (TPSA) is 75.7 Å². The first-order valence-electron chi connectivity index (χ1n) is 10.1. The van der Waals surface area contributed by atoms with Gasteiger partial charge in [-0.25, -0.2) is 8.42 Å². The second-order valence-electron chi connectivity index (χ2n) is 7.55. The summed E-state index contributed by atoms with van der Waals surface area (Å²) in [6.07, 6.45) is 6.75. The summed E-state index contributed by atoms with van der Waals surface area (Å²) in [6, 6.07) is 4.92. The zero-order chi connectivity index (χ0) is 20.1. The fraction of sp³-hybridized carbons (Fsp3) is 0.650. The van der Waals surface area contributed by atoms with Crippen molar-refractivity contribution in [2.75, 3.05) is 19.7 Å². The highest BCUT2D eigenvalue weighted by Gasteiger charge is 2.34. The third kappa shape index (κ3) is 4.99. The normalized spacial score (nSPS) is 20.1. The average molecular weight is 429 g/mol. The van der Waals surface area contributed by atoms with Crippen molar-refractivity contribution in [3.8, 4) is 5.75 Å². The van der Waals surface area contributed by atoms with E-state index < -0.39 is 10.0 Å². The third-order valence-electron chi connectivity index (χ3n) is 5.60. The number of benzene rings is 1. The number of amides is 1. The molecule has 8 heteroatoms. The summed E-state index contributed by atoms with van der Waals surface area (Å²) in [4.78, 5) is 12.6. The van der Waals surface area contributed by atoms with Crippen LogP contribution in [0.2, 0.25) is 5.02 Å². The highest BCUT2D eigenvalue weighted by atomic mass is 35.5. The molecule has 1 aromatic carbocycles. The smallest absolute Gasteiger partial charge is 0.246 e. The van der Waals surface area contributed by atoms with Crippen LogP contribution in [0, 0.1) is 5.92 Å². The Morgan fingerprint density at radius 1 is 1.18 bits per heavy atom. The lowest BCUT2D eigenvalue weighted by Crippen LogP contribution is -2.45. The molecule has 3 rings (SSSR count). The number of hydrogen-bond acceptors (Lipinski definition) is 4. The van der Waals surface area contributed by atoms with Gasteiger partial charge in [-0.1, -0.05) is 30.9 Å². The van der Waals surface area contributed by atoms with E-state index >= 15 is 0 Å². The van der Waals surface area contributed by atoms with E-state index in [1.807, 2.05) is 0 Å². The number of halogens is 1. The fourth-order valence-corrected chi connectivity index (χ4v) is 5.89. The lowest BCUT2D eigenvalue weighted by molar-refractivity contribution is -0.127. The van der Waals surface area contributed by atoms with Gasteiger partial charge in [0.05, 0.1) is 6.61 Å². The minimum atomic E-state index is -3.72. The highest BCUT2D eigenvalue weighted by Crippen LogP contribution is 2.32. The molecule has 1 saturated heterocycles. The van der Waals surface area contributed by atoms with E-state index in [0.29, 0.717) is 43.3 Å². The maximum Gasteiger partial charge on any atom is 0.246 e. The van der Waals surface area contributed by atoms with Gasteiger partial charge >= 0.3 is 0 Å². The van der Waals surface area contributed by atoms with Crippen molar-refractivity contribution < 1.29 is 17.9 Å². The van der Waals surface area contributed by atoms with Crippen molar-refractivity contribution >= 4 is 27.5 Å². The molecule has 0 atom stereocenters. The van der Waals surface area contributed by atoms with E-state index in [9.17, 15) is 13.2 Å². The van der Waals surface area contributed by atoms with Crippen molar-refractivity contribution in [2.24, 2.45) is 5.92 Å². The standard InChI is InChI=1S/C20H29ClN2O4S/c1-2-27-18-9-8-16(21)14-19(18)28(25,26)23-12-10-15(11-13-23)20(24)22-17-6-4-3-5-7-17/h8-9,14-15,17H,2-7,10-13H2,1H3,(H,22,24). The van der Waals surface area contributed by atoms with Gasteiger partial charge in [0, 0.05) is 30.1 Å². The number of rotatable bonds is 6. The maximum atomic E-state index is 13.1. The zero-order valence-corrected chi connectivity index (χ0v) is 17.9. The van der Waals surface area contributed by atoms with E-state index in [1.54, 1.807) is 19.1 Å². The molecule has 28 heavy (non-hydrogen) atoms. The summed E-state index contributed by atoms with van der Waals surface area (Å²) < 4.78 is 33.2. The molecule has 1 aliphatic carbocycles. The molecule has 1 N–H and O–H groups in total. The van der Waals surface area contributed by atoms with E-state index in [-0.39, 0.29) is 22.8 Å². The predicted octanol–water partition coefficient (Wildman–Crippen LogP) is 3.59. The van der Waals surface area contributed by atoms with Crippen LogP contribution in [0.1, 0.15) is 51.9 Å². The Morgan fingerprint density at radius 2 is 1.86 bits per heavy atom. The number of piperidine rings is 1. The van der Waals surface area contributed by atoms with Crippen LogP contribution in [0.15, 0.2) is 23.1 Å². The molecule has 156 valence electrons. The lowest BCUT2D eigenvalue weighted by Gasteiger charge is -2.32. The molecule has 6 nitrogen and oxygen atoms in total. The second-order valence-corrected chi connectivity index (χ2v) is 9.89. The molecule has 2 fully saturated rings. The number of hydrogen-bond donors (Lipinski definition) is 1. The molecule has 0 unspecified atom stereocenters. The Balaban J connectivity index is 1.64. The second kappa shape index (κ2) is 9.46. The summed E-state index contributed by atoms with van der Waals surface area (Å²) in [6.45, 7) is 2.82. The Morgan fingerprint density at radius 3 is 2.50 bits per heavy atom. The Hall–Kier alpha value is -1.31. The quantitative estimate of drug-likeness (QED) is 0.751. The first-order chi connectivity index (χ1) is 13.4. The van der Waals surface area contributed by atoms with Crippen LogP contribution in [0.25, 0.3) is 0 Å². The van der Waals surface area contributed by atoms with E-state index in [0.717, 1.165) is 12.8 Å². The number of nitrogens with one attached hydrogen (secondary N) is 1. The molecule has 1 saturated carbocycles. The van der Waals surface area contributed by atoms with E-state index in [2.05, 4.69) is 5.32 Å². The van der Waals surface area contributed by atoms with Gasteiger partial charge in [-0.3, -0.25) is 4.79 Å². The molecule has 0 bridgehead atoms. The van der Waals surface area contributed by atoms with Crippen LogP contribution in [0.4, 0.5) is 0 Å². The molecule has 1 amide bonds. The van der Waals surface area contributed by atoms with Gasteiger partial charge in [-0.15, -0.1) is 0 Å². The minimum Gasteiger partial charge on any atom is -0.492 e. The first kappa shape index (κ1) is 21.4. The summed E-state index contributed by atoms with van der Waals surface area (Å²) >= 11 is 6.03. The molecule has 1 aliphatic heterocycles. The van der Waals surface area contributed by atoms with Crippen LogP contribution >= 0.6 is 11.6 Å². The average Bonchev–Trinajstić information content (AvgIpc) is 2.70. The maximum absolute atomic E-state index is 13.1. The molecule has 0 radical (unpaired) electrons. The summed E-state index contributed by atoms with van der Waals surface area (Å²) in [5.74, 6) is 0.255. The van der Waals surface area contributed by atoms with Gasteiger partial charge in [-0.05, 0) is 50.8 Å². The van der Waals surface area contributed by atoms with Crippen molar-refractivity contribution in [2.45, 2.75) is 62.8 Å². The number of carbonyl (C=O) groups is 1. The number of carbonyl (C=O) groups excluding carboxylic acids is 1. The van der Waals surface area contributed by atoms with Crippen LogP contribution in [0.5, 0.6) is 5.75 Å². The van der Waals surface area contributed by atoms with Crippen LogP contribution < -0.4 is 10.1 Å². The van der Waals surface area contributed by atoms with Gasteiger partial charge in [0.2, 0.25) is 15.9 Å². The molecule has 1 aromatic rings. The Kier molecular flexibility index (Phi) is 7.23. The summed E-state index contributed by atoms with van der Waals surface area (Å²) in [7, 11) is -3.72. The number of nitrogens with zero attached hydrogens (tertiary/aromatic N) is 1. The van der Waals surface area contributed by atoms with Crippen molar-refractivity contribution in [3.63, 3.8) is 0 Å². The number of ether oxygens (including phenoxy) is 1. The molecular formula is C20H29ClN2O4S.